The molecule has 10 nitrogen and oxygen atoms in total. The van der Waals surface area contributed by atoms with Crippen LogP contribution in [0.4, 0.5) is 17.2 Å². The fraction of sp³-hybridized carbons (Fsp3) is 0.500. The average Bonchev–Trinajstić information content (AvgIpc) is 3.19. The number of aromatic nitrogens is 2. The minimum absolute atomic E-state index is 0.0361. The number of nitrogens with one attached hydrogen (secondary N) is 1. The molecule has 2 aromatic rings. The van der Waals surface area contributed by atoms with Gasteiger partial charge in [0.05, 0.1) is 11.9 Å². The van der Waals surface area contributed by atoms with E-state index >= 15 is 0 Å². The summed E-state index contributed by atoms with van der Waals surface area (Å²) in [4.78, 5) is 42.2. The number of carbonyl (C=O) groups excluding carboxylic acids is 1. The van der Waals surface area contributed by atoms with Crippen molar-refractivity contribution < 1.29 is 13.2 Å². The Balaban J connectivity index is 2.06. The van der Waals surface area contributed by atoms with Crippen molar-refractivity contribution in [1.29, 1.82) is 0 Å². The van der Waals surface area contributed by atoms with Gasteiger partial charge in [0.15, 0.2) is 5.69 Å². The van der Waals surface area contributed by atoms with E-state index in [1.54, 1.807) is 18.2 Å². The predicted molar refractivity (Wildman–Crippen MR) is 130 cm³/mol. The highest BCUT2D eigenvalue weighted by Gasteiger charge is 2.29. The lowest BCUT2D eigenvalue weighted by molar-refractivity contribution is 0.0986. The molecule has 0 spiro atoms. The van der Waals surface area contributed by atoms with Crippen LogP contribution in [-0.4, -0.2) is 43.2 Å². The molecule has 0 saturated heterocycles. The van der Waals surface area contributed by atoms with Gasteiger partial charge in [-0.1, -0.05) is 26.7 Å². The number of fused-ring (bicyclic) bond motifs is 1. The van der Waals surface area contributed by atoms with Gasteiger partial charge in [-0.05, 0) is 43.0 Å². The third kappa shape index (κ3) is 4.97. The number of nitrogen functional groups attached to an aromatic ring is 1. The molecule has 0 radical (unpaired) electrons. The van der Waals surface area contributed by atoms with Gasteiger partial charge in [-0.15, -0.1) is 0 Å². The first kappa shape index (κ1) is 24.6. The molecular weight excluding hydrogens is 446 g/mol. The van der Waals surface area contributed by atoms with Gasteiger partial charge in [0.1, 0.15) is 5.82 Å². The molecular formula is C22H31N5O5S. The maximum absolute atomic E-state index is 13.5. The Kier molecular flexibility index (Phi) is 7.31. The van der Waals surface area contributed by atoms with Gasteiger partial charge in [-0.3, -0.25) is 23.4 Å². The van der Waals surface area contributed by atoms with Crippen molar-refractivity contribution in [2.75, 3.05) is 34.3 Å². The van der Waals surface area contributed by atoms with E-state index in [-0.39, 0.29) is 18.1 Å². The average molecular weight is 478 g/mol. The van der Waals surface area contributed by atoms with Crippen LogP contribution >= 0.6 is 0 Å². The molecule has 0 bridgehead atoms. The minimum atomic E-state index is -3.40. The van der Waals surface area contributed by atoms with Crippen LogP contribution in [0, 0.1) is 0 Å². The highest BCUT2D eigenvalue weighted by molar-refractivity contribution is 7.92. The third-order valence-corrected chi connectivity index (χ3v) is 6.96. The molecule has 0 unspecified atom stereocenters. The van der Waals surface area contributed by atoms with E-state index in [9.17, 15) is 22.8 Å². The first-order chi connectivity index (χ1) is 15.6. The largest absolute Gasteiger partial charge is 0.383 e. The maximum atomic E-state index is 13.5. The molecule has 0 saturated carbocycles. The predicted octanol–water partition coefficient (Wildman–Crippen LogP) is 1.69. The van der Waals surface area contributed by atoms with Crippen LogP contribution in [0.5, 0.6) is 0 Å². The van der Waals surface area contributed by atoms with E-state index in [0.717, 1.165) is 24.7 Å². The second-order valence-electron chi connectivity index (χ2n) is 8.24. The van der Waals surface area contributed by atoms with Crippen molar-refractivity contribution in [3.63, 3.8) is 0 Å². The normalized spacial score (nSPS) is 13.2. The topological polar surface area (TPSA) is 139 Å². The van der Waals surface area contributed by atoms with E-state index in [1.165, 1.54) is 13.8 Å². The highest BCUT2D eigenvalue weighted by Crippen LogP contribution is 2.31. The summed E-state index contributed by atoms with van der Waals surface area (Å²) in [5.74, 6) is -0.465. The number of anilines is 3. The molecule has 1 amide bonds. The van der Waals surface area contributed by atoms with Crippen molar-refractivity contribution >= 4 is 33.1 Å². The molecule has 3 rings (SSSR count). The summed E-state index contributed by atoms with van der Waals surface area (Å²) in [6.45, 7) is 4.85. The molecule has 0 atom stereocenters. The second-order valence-corrected chi connectivity index (χ2v) is 10.1. The maximum Gasteiger partial charge on any atom is 0.330 e. The molecule has 1 aliphatic rings. The number of H-pyrrole nitrogens is 1. The monoisotopic (exact) mass is 477 g/mol. The second kappa shape index (κ2) is 9.82. The van der Waals surface area contributed by atoms with E-state index in [1.807, 2.05) is 13.8 Å². The van der Waals surface area contributed by atoms with Gasteiger partial charge in [0.2, 0.25) is 10.0 Å². The number of amides is 1. The molecule has 11 heteroatoms. The number of benzene rings is 1. The lowest BCUT2D eigenvalue weighted by Gasteiger charge is -2.25. The number of rotatable bonds is 9. The number of nitrogens with two attached hydrogens (primary N) is 1. The van der Waals surface area contributed by atoms with Gasteiger partial charge in [0, 0.05) is 25.2 Å². The Hall–Kier alpha value is -3.08. The summed E-state index contributed by atoms with van der Waals surface area (Å²) in [5.41, 5.74) is 6.52. The summed E-state index contributed by atoms with van der Waals surface area (Å²) < 4.78 is 26.6. The Bertz CT molecular complexity index is 1260. The fourth-order valence-electron chi connectivity index (χ4n) is 4.01. The SMILES string of the molecule is CCCCN(C(=O)c1ccc2c(c1)CCN2S(C)(=O)=O)c1c(N)n(CCCC)c(=O)[nH]c1=O. The van der Waals surface area contributed by atoms with Gasteiger partial charge in [-0.2, -0.15) is 0 Å². The van der Waals surface area contributed by atoms with E-state index in [0.29, 0.717) is 43.6 Å². The van der Waals surface area contributed by atoms with Crippen molar-refractivity contribution in [2.24, 2.45) is 0 Å². The van der Waals surface area contributed by atoms with Crippen LogP contribution < -0.4 is 26.2 Å². The minimum Gasteiger partial charge on any atom is -0.383 e. The first-order valence-electron chi connectivity index (χ1n) is 11.1. The summed E-state index contributed by atoms with van der Waals surface area (Å²) in [5, 5.41) is 0. The molecule has 1 aliphatic heterocycles. The van der Waals surface area contributed by atoms with Gasteiger partial charge in [-0.25, -0.2) is 13.2 Å². The summed E-state index contributed by atoms with van der Waals surface area (Å²) in [6, 6.07) is 4.84. The van der Waals surface area contributed by atoms with Crippen LogP contribution in [0.1, 0.15) is 55.5 Å². The molecule has 0 aliphatic carbocycles. The van der Waals surface area contributed by atoms with E-state index in [2.05, 4.69) is 4.98 Å². The van der Waals surface area contributed by atoms with Crippen LogP contribution in [0.15, 0.2) is 27.8 Å². The number of unbranched alkanes of at least 4 members (excludes halogenated alkanes) is 2. The third-order valence-electron chi connectivity index (χ3n) is 5.78. The number of hydrogen-bond acceptors (Lipinski definition) is 6. The van der Waals surface area contributed by atoms with Crippen molar-refractivity contribution in [3.05, 3.63) is 50.2 Å². The molecule has 0 fully saturated rings. The lowest BCUT2D eigenvalue weighted by Crippen LogP contribution is -2.41. The Labute approximate surface area is 193 Å². The Morgan fingerprint density at radius 2 is 1.88 bits per heavy atom. The zero-order valence-electron chi connectivity index (χ0n) is 19.3. The number of nitrogens with zero attached hydrogens (tertiary/aromatic N) is 3. The molecule has 180 valence electrons. The van der Waals surface area contributed by atoms with Gasteiger partial charge < -0.3 is 10.6 Å². The van der Waals surface area contributed by atoms with Crippen LogP contribution in [0.25, 0.3) is 0 Å². The number of aromatic amines is 1. The highest BCUT2D eigenvalue weighted by atomic mass is 32.2. The number of sulfonamides is 1. The summed E-state index contributed by atoms with van der Waals surface area (Å²) in [7, 11) is -3.40. The van der Waals surface area contributed by atoms with E-state index in [4.69, 9.17) is 5.73 Å². The number of carbonyl (C=O) groups is 1. The fourth-order valence-corrected chi connectivity index (χ4v) is 4.97. The summed E-state index contributed by atoms with van der Waals surface area (Å²) in [6.07, 6.45) is 4.58. The van der Waals surface area contributed by atoms with Crippen LogP contribution in [0.2, 0.25) is 0 Å². The molecule has 1 aromatic heterocycles. The van der Waals surface area contributed by atoms with Crippen LogP contribution in [-0.2, 0) is 23.0 Å². The first-order valence-corrected chi connectivity index (χ1v) is 13.0. The molecule has 3 N–H and O–H groups in total. The quantitative estimate of drug-likeness (QED) is 0.563. The van der Waals surface area contributed by atoms with Gasteiger partial charge in [0.25, 0.3) is 11.5 Å². The van der Waals surface area contributed by atoms with Gasteiger partial charge >= 0.3 is 5.69 Å². The Morgan fingerprint density at radius 3 is 2.52 bits per heavy atom. The van der Waals surface area contributed by atoms with Crippen LogP contribution in [0.3, 0.4) is 0 Å². The zero-order valence-corrected chi connectivity index (χ0v) is 20.1. The smallest absolute Gasteiger partial charge is 0.330 e. The van der Waals surface area contributed by atoms with Crippen molar-refractivity contribution in [1.82, 2.24) is 9.55 Å². The lowest BCUT2D eigenvalue weighted by atomic mass is 10.1. The molecule has 33 heavy (non-hydrogen) atoms. The van der Waals surface area contributed by atoms with Crippen molar-refractivity contribution in [2.45, 2.75) is 52.5 Å². The molecule has 1 aromatic carbocycles. The number of hydrogen-bond donors (Lipinski definition) is 2. The zero-order chi connectivity index (χ0) is 24.3. The summed E-state index contributed by atoms with van der Waals surface area (Å²) >= 11 is 0. The molecule has 2 heterocycles. The van der Waals surface area contributed by atoms with Crippen molar-refractivity contribution in [3.8, 4) is 0 Å². The van der Waals surface area contributed by atoms with E-state index < -0.39 is 27.2 Å². The standard InChI is InChI=1S/C22H31N5O5S/c1-4-6-11-25(18-19(23)26(12-7-5-2)22(30)24-20(18)28)21(29)16-8-9-17-15(14-16)10-13-27(17)33(3,31)32/h8-9,14H,4-7,10-13,23H2,1-3H3,(H,24,28,30). The Morgan fingerprint density at radius 1 is 1.18 bits per heavy atom.